The molecule has 0 spiro atoms. The molecule has 1 saturated heterocycles. The van der Waals surface area contributed by atoms with Crippen LogP contribution in [0.2, 0.25) is 0 Å². The fraction of sp³-hybridized carbons (Fsp3) is 0.355. The molecule has 6 rings (SSSR count). The summed E-state index contributed by atoms with van der Waals surface area (Å²) in [4.78, 5) is 0.443. The molecule has 1 aliphatic heterocycles. The maximum Gasteiger partial charge on any atom is 0.243 e. The fourth-order valence-electron chi connectivity index (χ4n) is 6.35. The second-order valence-corrected chi connectivity index (χ2v) is 12.5. The van der Waals surface area contributed by atoms with Gasteiger partial charge in [0.15, 0.2) is 0 Å². The molecular formula is C31H33FN2O2S. The smallest absolute Gasteiger partial charge is 0.243 e. The highest BCUT2D eigenvalue weighted by Crippen LogP contribution is 2.39. The maximum atomic E-state index is 13.5. The number of fused-ring (bicyclic) bond motifs is 2. The highest BCUT2D eigenvalue weighted by molar-refractivity contribution is 7.89. The van der Waals surface area contributed by atoms with E-state index in [2.05, 4.69) is 35.8 Å². The zero-order chi connectivity index (χ0) is 25.6. The van der Waals surface area contributed by atoms with E-state index in [1.807, 2.05) is 24.3 Å². The Hall–Kier alpha value is -2.96. The normalized spacial score (nSPS) is 17.2. The summed E-state index contributed by atoms with van der Waals surface area (Å²) in [6.07, 6.45) is 5.95. The van der Waals surface area contributed by atoms with Gasteiger partial charge in [-0.3, -0.25) is 0 Å². The average molecular weight is 517 g/mol. The van der Waals surface area contributed by atoms with Crippen molar-refractivity contribution in [3.05, 3.63) is 100 Å². The number of halogens is 1. The van der Waals surface area contributed by atoms with Gasteiger partial charge in [0, 0.05) is 36.2 Å². The summed E-state index contributed by atoms with van der Waals surface area (Å²) in [5.74, 6) is 0.0741. The average Bonchev–Trinajstić information content (AvgIpc) is 3.20. The van der Waals surface area contributed by atoms with E-state index in [9.17, 15) is 12.8 Å². The molecule has 37 heavy (non-hydrogen) atoms. The van der Waals surface area contributed by atoms with Gasteiger partial charge in [-0.25, -0.2) is 12.8 Å². The highest BCUT2D eigenvalue weighted by atomic mass is 32.2. The van der Waals surface area contributed by atoms with E-state index in [0.29, 0.717) is 30.4 Å². The van der Waals surface area contributed by atoms with Gasteiger partial charge in [0.2, 0.25) is 10.0 Å². The number of aromatic nitrogens is 1. The van der Waals surface area contributed by atoms with Crippen molar-refractivity contribution in [3.63, 3.8) is 0 Å². The third kappa shape index (κ3) is 4.51. The Balaban J connectivity index is 1.25. The van der Waals surface area contributed by atoms with Crippen LogP contribution in [0.5, 0.6) is 0 Å². The number of piperidine rings is 1. The van der Waals surface area contributed by atoms with Crippen LogP contribution in [0.25, 0.3) is 10.9 Å². The van der Waals surface area contributed by atoms with Crippen LogP contribution in [0.3, 0.4) is 0 Å². The Kier molecular flexibility index (Phi) is 6.41. The molecule has 0 saturated carbocycles. The molecule has 4 nitrogen and oxygen atoms in total. The van der Waals surface area contributed by atoms with Gasteiger partial charge in [-0.1, -0.05) is 36.4 Å². The molecule has 1 fully saturated rings. The van der Waals surface area contributed by atoms with Crippen molar-refractivity contribution in [2.45, 2.75) is 62.8 Å². The summed E-state index contributed by atoms with van der Waals surface area (Å²) < 4.78 is 44.5. The quantitative estimate of drug-likeness (QED) is 0.301. The van der Waals surface area contributed by atoms with Gasteiger partial charge in [0.25, 0.3) is 0 Å². The lowest BCUT2D eigenvalue weighted by Crippen LogP contribution is -2.38. The summed E-state index contributed by atoms with van der Waals surface area (Å²) >= 11 is 0. The Labute approximate surface area is 218 Å². The number of benzene rings is 3. The van der Waals surface area contributed by atoms with Crippen molar-refractivity contribution < 1.29 is 12.8 Å². The first-order valence-electron chi connectivity index (χ1n) is 13.4. The number of nitrogens with zero attached hydrogens (tertiary/aromatic N) is 2. The molecule has 0 N–H and O–H groups in total. The van der Waals surface area contributed by atoms with E-state index in [-0.39, 0.29) is 5.82 Å². The van der Waals surface area contributed by atoms with E-state index < -0.39 is 10.0 Å². The largest absolute Gasteiger partial charge is 0.340 e. The van der Waals surface area contributed by atoms with E-state index in [0.717, 1.165) is 37.7 Å². The molecule has 2 aliphatic rings. The van der Waals surface area contributed by atoms with E-state index in [1.54, 1.807) is 10.4 Å². The van der Waals surface area contributed by atoms with Gasteiger partial charge in [0.1, 0.15) is 5.82 Å². The van der Waals surface area contributed by atoms with Crippen LogP contribution in [0, 0.1) is 12.7 Å². The number of rotatable bonds is 5. The first kappa shape index (κ1) is 24.4. The number of sulfonamides is 1. The molecule has 0 atom stereocenters. The van der Waals surface area contributed by atoms with Gasteiger partial charge in [-0.2, -0.15) is 4.31 Å². The van der Waals surface area contributed by atoms with Gasteiger partial charge in [-0.15, -0.1) is 0 Å². The summed E-state index contributed by atoms with van der Waals surface area (Å²) in [6, 6.07) is 20.9. The predicted octanol–water partition coefficient (Wildman–Crippen LogP) is 6.58. The monoisotopic (exact) mass is 516 g/mol. The molecule has 0 bridgehead atoms. The molecule has 1 aromatic heterocycles. The minimum Gasteiger partial charge on any atom is -0.340 e. The second-order valence-electron chi connectivity index (χ2n) is 10.5. The molecule has 192 valence electrons. The molecule has 1 aliphatic carbocycles. The Bertz CT molecular complexity index is 1550. The van der Waals surface area contributed by atoms with Crippen LogP contribution in [0.1, 0.15) is 59.5 Å². The van der Waals surface area contributed by atoms with Gasteiger partial charge in [-0.05, 0) is 104 Å². The molecule has 0 unspecified atom stereocenters. The lowest BCUT2D eigenvalue weighted by atomic mass is 9.88. The van der Waals surface area contributed by atoms with Crippen molar-refractivity contribution in [3.8, 4) is 0 Å². The van der Waals surface area contributed by atoms with Crippen molar-refractivity contribution in [2.75, 3.05) is 13.1 Å². The third-order valence-electron chi connectivity index (χ3n) is 8.35. The molecule has 0 radical (unpaired) electrons. The fourth-order valence-corrected chi connectivity index (χ4v) is 7.87. The van der Waals surface area contributed by atoms with Crippen LogP contribution in [-0.2, 0) is 29.4 Å². The van der Waals surface area contributed by atoms with Crippen molar-refractivity contribution in [2.24, 2.45) is 0 Å². The third-order valence-corrected chi connectivity index (χ3v) is 10.2. The molecular weight excluding hydrogens is 483 g/mol. The van der Waals surface area contributed by atoms with Gasteiger partial charge < -0.3 is 4.57 Å². The van der Waals surface area contributed by atoms with Gasteiger partial charge in [0.05, 0.1) is 4.90 Å². The zero-order valence-electron chi connectivity index (χ0n) is 21.3. The summed E-state index contributed by atoms with van der Waals surface area (Å²) in [5.41, 5.74) is 7.26. The molecule has 4 aromatic rings. The number of hydrogen-bond acceptors (Lipinski definition) is 2. The number of para-hydroxylation sites is 1. The van der Waals surface area contributed by atoms with E-state index in [1.165, 1.54) is 51.8 Å². The molecule has 0 amide bonds. The lowest BCUT2D eigenvalue weighted by molar-refractivity contribution is 0.319. The van der Waals surface area contributed by atoms with E-state index >= 15 is 0 Å². The predicted molar refractivity (Wildman–Crippen MR) is 146 cm³/mol. The lowest BCUT2D eigenvalue weighted by Gasteiger charge is -2.32. The molecule has 6 heteroatoms. The Morgan fingerprint density at radius 3 is 2.35 bits per heavy atom. The van der Waals surface area contributed by atoms with Crippen LogP contribution in [0.4, 0.5) is 4.39 Å². The van der Waals surface area contributed by atoms with Crippen molar-refractivity contribution in [1.82, 2.24) is 8.87 Å². The van der Waals surface area contributed by atoms with Crippen LogP contribution in [-0.4, -0.2) is 30.4 Å². The van der Waals surface area contributed by atoms with Crippen LogP contribution in [0.15, 0.2) is 71.6 Å². The standard InChI is InChI=1S/C31H33FN2O2S/c1-22-31(29-8-4-5-9-30(29)34(22)21-23-10-13-27(32)14-11-23)25-16-18-33(19-17-25)37(35,36)28-15-12-24-6-2-3-7-26(24)20-28/h4-5,8-15,20,25H,2-3,6-7,16-19,21H2,1H3. The van der Waals surface area contributed by atoms with Crippen molar-refractivity contribution >= 4 is 20.9 Å². The maximum absolute atomic E-state index is 13.5. The summed E-state index contributed by atoms with van der Waals surface area (Å²) in [6.45, 7) is 3.90. The minimum absolute atomic E-state index is 0.226. The Morgan fingerprint density at radius 1 is 0.892 bits per heavy atom. The zero-order valence-corrected chi connectivity index (χ0v) is 22.1. The molecule has 2 heterocycles. The van der Waals surface area contributed by atoms with Crippen molar-refractivity contribution in [1.29, 1.82) is 0 Å². The minimum atomic E-state index is -3.50. The summed E-state index contributed by atoms with van der Waals surface area (Å²) in [7, 11) is -3.50. The van der Waals surface area contributed by atoms with E-state index in [4.69, 9.17) is 0 Å². The molecule has 3 aromatic carbocycles. The van der Waals surface area contributed by atoms with Gasteiger partial charge >= 0.3 is 0 Å². The topological polar surface area (TPSA) is 42.3 Å². The van der Waals surface area contributed by atoms with Crippen LogP contribution >= 0.6 is 0 Å². The first-order valence-corrected chi connectivity index (χ1v) is 14.8. The number of aryl methyl sites for hydroxylation is 2. The highest BCUT2D eigenvalue weighted by Gasteiger charge is 2.32. The SMILES string of the molecule is Cc1c(C2CCN(S(=O)(=O)c3ccc4c(c3)CCCC4)CC2)c2ccccc2n1Cc1ccc(F)cc1. The van der Waals surface area contributed by atoms with Crippen LogP contribution < -0.4 is 0 Å². The number of hydrogen-bond donors (Lipinski definition) is 0. The first-order chi connectivity index (χ1) is 17.9. The summed E-state index contributed by atoms with van der Waals surface area (Å²) in [5, 5.41) is 1.23. The second kappa shape index (κ2) is 9.73. The Morgan fingerprint density at radius 2 is 1.59 bits per heavy atom.